The Morgan fingerprint density at radius 1 is 0.914 bits per heavy atom. The fourth-order valence-electron chi connectivity index (χ4n) is 5.16. The zero-order valence-electron chi connectivity index (χ0n) is 20.0. The summed E-state index contributed by atoms with van der Waals surface area (Å²) in [6.45, 7) is 8.43. The van der Waals surface area contributed by atoms with E-state index in [0.29, 0.717) is 15.2 Å². The lowest BCUT2D eigenvalue weighted by atomic mass is 9.96. The van der Waals surface area contributed by atoms with Gasteiger partial charge in [-0.1, -0.05) is 41.4 Å². The van der Waals surface area contributed by atoms with Crippen LogP contribution in [0.4, 0.5) is 5.69 Å². The van der Waals surface area contributed by atoms with Crippen LogP contribution in [0.1, 0.15) is 45.9 Å². The molecule has 2 aromatic carbocycles. The van der Waals surface area contributed by atoms with E-state index >= 15 is 0 Å². The Balaban J connectivity index is 1.72. The smallest absolute Gasteiger partial charge is 0.174 e. The van der Waals surface area contributed by atoms with Crippen LogP contribution in [0.15, 0.2) is 66.9 Å². The van der Waals surface area contributed by atoms with Gasteiger partial charge < -0.3 is 14.8 Å². The van der Waals surface area contributed by atoms with Gasteiger partial charge in [0.2, 0.25) is 0 Å². The maximum Gasteiger partial charge on any atom is 0.174 e. The molecule has 0 saturated carbocycles. The number of hydrogen-bond donors (Lipinski definition) is 1. The Morgan fingerprint density at radius 3 is 2.34 bits per heavy atom. The van der Waals surface area contributed by atoms with Crippen molar-refractivity contribution in [2.45, 2.75) is 39.8 Å². The number of thiocarbonyl (C=S) groups is 1. The monoisotopic (exact) mass is 520 g/mol. The molecule has 178 valence electrons. The molecule has 7 heteroatoms. The molecule has 0 amide bonds. The van der Waals surface area contributed by atoms with Gasteiger partial charge in [0.1, 0.15) is 0 Å². The zero-order chi connectivity index (χ0) is 24.9. The zero-order valence-corrected chi connectivity index (χ0v) is 22.3. The summed E-state index contributed by atoms with van der Waals surface area (Å²) >= 11 is 18.9. The molecule has 3 heterocycles. The first-order chi connectivity index (χ1) is 16.8. The van der Waals surface area contributed by atoms with E-state index in [2.05, 4.69) is 71.7 Å². The normalized spacial score (nSPS) is 17.7. The Bertz CT molecular complexity index is 1410. The number of anilines is 1. The highest BCUT2D eigenvalue weighted by Crippen LogP contribution is 2.44. The average molecular weight is 522 g/mol. The van der Waals surface area contributed by atoms with Gasteiger partial charge in [-0.2, -0.15) is 0 Å². The lowest BCUT2D eigenvalue weighted by Gasteiger charge is -2.29. The van der Waals surface area contributed by atoms with E-state index in [4.69, 9.17) is 35.4 Å². The van der Waals surface area contributed by atoms with Crippen LogP contribution in [0.3, 0.4) is 0 Å². The molecule has 0 aliphatic carbocycles. The van der Waals surface area contributed by atoms with E-state index in [0.717, 1.165) is 34.0 Å². The quantitative estimate of drug-likeness (QED) is 0.281. The first-order valence-corrected chi connectivity index (χ1v) is 12.6. The summed E-state index contributed by atoms with van der Waals surface area (Å²) in [5.74, 6) is 0. The molecule has 1 fully saturated rings. The number of hydrogen-bond acceptors (Lipinski definition) is 2. The largest absolute Gasteiger partial charge is 0.351 e. The van der Waals surface area contributed by atoms with Gasteiger partial charge in [0.15, 0.2) is 5.11 Å². The van der Waals surface area contributed by atoms with Crippen LogP contribution in [-0.4, -0.2) is 14.7 Å². The Labute approximate surface area is 221 Å². The summed E-state index contributed by atoms with van der Waals surface area (Å²) in [5.41, 5.74) is 8.56. The number of rotatable bonds is 4. The highest BCUT2D eigenvalue weighted by Gasteiger charge is 2.42. The van der Waals surface area contributed by atoms with Crippen LogP contribution < -0.4 is 10.2 Å². The minimum absolute atomic E-state index is 0.100. The number of nitrogens with zero attached hydrogens (tertiary/aromatic N) is 3. The molecule has 1 N–H and O–H groups in total. The maximum absolute atomic E-state index is 6.64. The van der Waals surface area contributed by atoms with Gasteiger partial charge in [0.25, 0.3) is 0 Å². The molecular formula is C28H26Cl2N4S. The molecule has 0 radical (unpaired) electrons. The van der Waals surface area contributed by atoms with Gasteiger partial charge in [-0.05, 0) is 99.1 Å². The van der Waals surface area contributed by atoms with Crippen molar-refractivity contribution in [3.8, 4) is 5.69 Å². The van der Waals surface area contributed by atoms with Crippen molar-refractivity contribution in [1.29, 1.82) is 0 Å². The van der Waals surface area contributed by atoms with E-state index in [1.807, 2.05) is 36.5 Å². The van der Waals surface area contributed by atoms with E-state index < -0.39 is 0 Å². The highest BCUT2D eigenvalue weighted by molar-refractivity contribution is 7.80. The second-order valence-corrected chi connectivity index (χ2v) is 10.2. The van der Waals surface area contributed by atoms with Gasteiger partial charge in [-0.15, -0.1) is 0 Å². The molecule has 0 bridgehead atoms. The molecule has 5 rings (SSSR count). The standard InChI is InChI=1S/C28H26Cl2N4S/c1-16-12-17(2)14-20(13-16)34-27(26(32-28(34)35)23-9-5-6-11-31-23)21-15-18(3)33(19(21)4)24-10-7-8-22(29)25(24)30/h5-15,26-27H,1-4H3,(H,32,35)/t26-,27-/m0/s1. The number of pyridine rings is 1. The molecule has 2 aromatic heterocycles. The predicted molar refractivity (Wildman–Crippen MR) is 149 cm³/mol. The van der Waals surface area contributed by atoms with Crippen molar-refractivity contribution >= 4 is 46.2 Å². The number of aromatic nitrogens is 2. The third-order valence-corrected chi connectivity index (χ3v) is 7.67. The van der Waals surface area contributed by atoms with Crippen molar-refractivity contribution in [1.82, 2.24) is 14.9 Å². The van der Waals surface area contributed by atoms with Crippen molar-refractivity contribution in [3.05, 3.63) is 111 Å². The molecule has 0 spiro atoms. The van der Waals surface area contributed by atoms with E-state index in [1.54, 1.807) is 6.07 Å². The molecule has 1 aliphatic heterocycles. The van der Waals surface area contributed by atoms with Gasteiger partial charge in [0, 0.05) is 23.3 Å². The van der Waals surface area contributed by atoms with Crippen LogP contribution in [0.25, 0.3) is 5.69 Å². The van der Waals surface area contributed by atoms with Crippen LogP contribution in [0.2, 0.25) is 10.0 Å². The Kier molecular flexibility index (Phi) is 6.34. The first kappa shape index (κ1) is 23.9. The van der Waals surface area contributed by atoms with Gasteiger partial charge in [0.05, 0.1) is 33.5 Å². The fraction of sp³-hybridized carbons (Fsp3) is 0.214. The fourth-order valence-corrected chi connectivity index (χ4v) is 5.89. The maximum atomic E-state index is 6.64. The van der Waals surface area contributed by atoms with Gasteiger partial charge in [-0.25, -0.2) is 0 Å². The minimum atomic E-state index is -0.117. The molecule has 35 heavy (non-hydrogen) atoms. The average Bonchev–Trinajstić information content (AvgIpc) is 3.31. The summed E-state index contributed by atoms with van der Waals surface area (Å²) in [7, 11) is 0. The van der Waals surface area contributed by atoms with Gasteiger partial charge >= 0.3 is 0 Å². The Hall–Kier alpha value is -2.86. The minimum Gasteiger partial charge on any atom is -0.351 e. The van der Waals surface area contributed by atoms with Crippen molar-refractivity contribution in [2.24, 2.45) is 0 Å². The molecule has 2 atom stereocenters. The summed E-state index contributed by atoms with van der Waals surface area (Å²) < 4.78 is 2.17. The van der Waals surface area contributed by atoms with E-state index in [9.17, 15) is 0 Å². The SMILES string of the molecule is Cc1cc(C)cc(N2C(=S)N[C@@H](c3ccccn3)[C@@H]2c2cc(C)n(-c3cccc(Cl)c3Cl)c2C)c1. The third kappa shape index (κ3) is 4.22. The summed E-state index contributed by atoms with van der Waals surface area (Å²) in [6, 6.07) is 20.3. The topological polar surface area (TPSA) is 33.1 Å². The third-order valence-electron chi connectivity index (χ3n) is 6.54. The predicted octanol–water partition coefficient (Wildman–Crippen LogP) is 7.59. The molecular weight excluding hydrogens is 495 g/mol. The van der Waals surface area contributed by atoms with Crippen LogP contribution >= 0.6 is 35.4 Å². The summed E-state index contributed by atoms with van der Waals surface area (Å²) in [4.78, 5) is 6.91. The molecule has 1 saturated heterocycles. The summed E-state index contributed by atoms with van der Waals surface area (Å²) in [5, 5.41) is 5.31. The lowest BCUT2D eigenvalue weighted by molar-refractivity contribution is 0.565. The number of halogens is 2. The molecule has 0 unspecified atom stereocenters. The second-order valence-electron chi connectivity index (χ2n) is 9.08. The van der Waals surface area contributed by atoms with Crippen molar-refractivity contribution in [2.75, 3.05) is 4.90 Å². The van der Waals surface area contributed by atoms with E-state index in [-0.39, 0.29) is 12.1 Å². The van der Waals surface area contributed by atoms with Crippen LogP contribution in [0, 0.1) is 27.7 Å². The van der Waals surface area contributed by atoms with Gasteiger partial charge in [-0.3, -0.25) is 4.98 Å². The Morgan fingerprint density at radius 2 is 1.66 bits per heavy atom. The number of aryl methyl sites for hydroxylation is 3. The first-order valence-electron chi connectivity index (χ1n) is 11.5. The number of nitrogens with one attached hydrogen (secondary N) is 1. The highest BCUT2D eigenvalue weighted by atomic mass is 35.5. The van der Waals surface area contributed by atoms with Crippen LogP contribution in [0.5, 0.6) is 0 Å². The second kappa shape index (κ2) is 9.30. The van der Waals surface area contributed by atoms with Crippen molar-refractivity contribution < 1.29 is 0 Å². The molecule has 1 aliphatic rings. The van der Waals surface area contributed by atoms with Crippen molar-refractivity contribution in [3.63, 3.8) is 0 Å². The number of benzene rings is 2. The van der Waals surface area contributed by atoms with E-state index in [1.165, 1.54) is 11.1 Å². The van der Waals surface area contributed by atoms with Crippen LogP contribution in [-0.2, 0) is 0 Å². The molecule has 4 aromatic rings. The molecule has 4 nitrogen and oxygen atoms in total. The summed E-state index contributed by atoms with van der Waals surface area (Å²) in [6.07, 6.45) is 1.83. The lowest BCUT2D eigenvalue weighted by Crippen LogP contribution is -2.29.